The van der Waals surface area contributed by atoms with E-state index >= 15 is 0 Å². The molecule has 33 heavy (non-hydrogen) atoms. The molecule has 0 radical (unpaired) electrons. The summed E-state index contributed by atoms with van der Waals surface area (Å²) >= 11 is 0. The fourth-order valence-electron chi connectivity index (χ4n) is 3.63. The lowest BCUT2D eigenvalue weighted by atomic mass is 10.00. The van der Waals surface area contributed by atoms with Crippen molar-refractivity contribution in [3.63, 3.8) is 0 Å². The Kier molecular flexibility index (Phi) is 6.80. The average molecular weight is 447 g/mol. The number of aliphatic hydroxyl groups excluding tert-OH is 1. The van der Waals surface area contributed by atoms with Crippen LogP contribution in [0.4, 0.5) is 17.5 Å². The lowest BCUT2D eigenvalue weighted by molar-refractivity contribution is 0.0526. The Bertz CT molecular complexity index is 1150. The predicted molar refractivity (Wildman–Crippen MR) is 124 cm³/mol. The SMILES string of the molecule is CCOC(=O)c1cnc(Nc2ccc3c(c2)CCNC3=O)nc1N[C@@H](CO)c1ccccc1. The first kappa shape index (κ1) is 22.2. The Balaban J connectivity index is 1.63. The monoisotopic (exact) mass is 447 g/mol. The van der Waals surface area contributed by atoms with Gasteiger partial charge in [-0.2, -0.15) is 4.98 Å². The first-order valence-corrected chi connectivity index (χ1v) is 10.7. The van der Waals surface area contributed by atoms with E-state index in [0.717, 1.165) is 23.2 Å². The second kappa shape index (κ2) is 10.1. The summed E-state index contributed by atoms with van der Waals surface area (Å²) in [7, 11) is 0. The molecule has 2 aromatic carbocycles. The van der Waals surface area contributed by atoms with Gasteiger partial charge in [-0.3, -0.25) is 4.79 Å². The normalized spacial score (nSPS) is 13.5. The summed E-state index contributed by atoms with van der Waals surface area (Å²) in [5.74, 6) is -0.141. The fraction of sp³-hybridized carbons (Fsp3) is 0.250. The van der Waals surface area contributed by atoms with Crippen molar-refractivity contribution in [1.29, 1.82) is 0 Å². The smallest absolute Gasteiger partial charge is 0.343 e. The molecule has 2 heterocycles. The minimum atomic E-state index is -0.559. The lowest BCUT2D eigenvalue weighted by Crippen LogP contribution is -2.31. The summed E-state index contributed by atoms with van der Waals surface area (Å²) < 4.78 is 5.14. The van der Waals surface area contributed by atoms with E-state index < -0.39 is 12.0 Å². The molecule has 0 saturated heterocycles. The molecule has 1 aromatic heterocycles. The van der Waals surface area contributed by atoms with Crippen LogP contribution < -0.4 is 16.0 Å². The van der Waals surface area contributed by atoms with Gasteiger partial charge in [0.2, 0.25) is 5.95 Å². The van der Waals surface area contributed by atoms with E-state index in [4.69, 9.17) is 4.74 Å². The maximum atomic E-state index is 12.5. The van der Waals surface area contributed by atoms with Crippen molar-refractivity contribution in [1.82, 2.24) is 15.3 Å². The highest BCUT2D eigenvalue weighted by molar-refractivity contribution is 5.97. The zero-order chi connectivity index (χ0) is 23.2. The van der Waals surface area contributed by atoms with E-state index in [2.05, 4.69) is 25.9 Å². The van der Waals surface area contributed by atoms with E-state index in [1.54, 1.807) is 19.1 Å². The molecule has 1 aliphatic heterocycles. The van der Waals surface area contributed by atoms with E-state index in [1.165, 1.54) is 6.20 Å². The van der Waals surface area contributed by atoms with Crippen molar-refractivity contribution in [2.45, 2.75) is 19.4 Å². The molecule has 0 fully saturated rings. The number of fused-ring (bicyclic) bond motifs is 1. The molecule has 1 aliphatic rings. The Hall–Kier alpha value is -3.98. The number of esters is 1. The van der Waals surface area contributed by atoms with Gasteiger partial charge in [-0.15, -0.1) is 0 Å². The summed E-state index contributed by atoms with van der Waals surface area (Å²) in [5, 5.41) is 19.0. The molecule has 4 N–H and O–H groups in total. The number of anilines is 3. The summed E-state index contributed by atoms with van der Waals surface area (Å²) in [6.45, 7) is 2.32. The minimum Gasteiger partial charge on any atom is -0.462 e. The van der Waals surface area contributed by atoms with Gasteiger partial charge < -0.3 is 25.8 Å². The molecule has 9 nitrogen and oxygen atoms in total. The first-order chi connectivity index (χ1) is 16.1. The van der Waals surface area contributed by atoms with E-state index in [0.29, 0.717) is 12.1 Å². The number of hydrogen-bond donors (Lipinski definition) is 4. The number of amides is 1. The summed E-state index contributed by atoms with van der Waals surface area (Å²) in [6.07, 6.45) is 2.13. The molecule has 9 heteroatoms. The number of hydrogen-bond acceptors (Lipinski definition) is 8. The highest BCUT2D eigenvalue weighted by atomic mass is 16.5. The van der Waals surface area contributed by atoms with Crippen LogP contribution in [0.15, 0.2) is 54.7 Å². The molecule has 0 unspecified atom stereocenters. The van der Waals surface area contributed by atoms with Crippen LogP contribution in [-0.4, -0.2) is 46.7 Å². The van der Waals surface area contributed by atoms with Crippen LogP contribution in [0, 0.1) is 0 Å². The van der Waals surface area contributed by atoms with Gasteiger partial charge in [-0.1, -0.05) is 30.3 Å². The van der Waals surface area contributed by atoms with Crippen molar-refractivity contribution < 1.29 is 19.4 Å². The zero-order valence-corrected chi connectivity index (χ0v) is 18.2. The molecule has 4 rings (SSSR count). The molecule has 0 aliphatic carbocycles. The fourth-order valence-corrected chi connectivity index (χ4v) is 3.63. The van der Waals surface area contributed by atoms with Crippen LogP contribution in [0.1, 0.15) is 44.8 Å². The Labute approximate surface area is 191 Å². The topological polar surface area (TPSA) is 125 Å². The van der Waals surface area contributed by atoms with Gasteiger partial charge in [0.15, 0.2) is 0 Å². The van der Waals surface area contributed by atoms with E-state index in [1.807, 2.05) is 36.4 Å². The zero-order valence-electron chi connectivity index (χ0n) is 18.2. The number of carbonyl (C=O) groups excluding carboxylic acids is 2. The van der Waals surface area contributed by atoms with Crippen LogP contribution in [0.25, 0.3) is 0 Å². The molecule has 170 valence electrons. The Morgan fingerprint density at radius 1 is 1.24 bits per heavy atom. The van der Waals surface area contributed by atoms with Crippen LogP contribution in [-0.2, 0) is 11.2 Å². The van der Waals surface area contributed by atoms with Gasteiger partial charge in [0, 0.05) is 24.0 Å². The van der Waals surface area contributed by atoms with Crippen molar-refractivity contribution in [3.8, 4) is 0 Å². The third kappa shape index (κ3) is 5.09. The van der Waals surface area contributed by atoms with E-state index in [9.17, 15) is 14.7 Å². The number of nitrogens with zero attached hydrogens (tertiary/aromatic N) is 2. The second-order valence-electron chi connectivity index (χ2n) is 7.47. The second-order valence-corrected chi connectivity index (χ2v) is 7.47. The van der Waals surface area contributed by atoms with Gasteiger partial charge in [-0.05, 0) is 42.7 Å². The van der Waals surface area contributed by atoms with Crippen LogP contribution in [0.2, 0.25) is 0 Å². The summed E-state index contributed by atoms with van der Waals surface area (Å²) in [4.78, 5) is 33.2. The molecule has 0 spiro atoms. The van der Waals surface area contributed by atoms with Crippen LogP contribution in [0.3, 0.4) is 0 Å². The number of aliphatic hydroxyl groups is 1. The highest BCUT2D eigenvalue weighted by Gasteiger charge is 2.21. The minimum absolute atomic E-state index is 0.0831. The van der Waals surface area contributed by atoms with Gasteiger partial charge in [0.05, 0.1) is 19.3 Å². The van der Waals surface area contributed by atoms with Gasteiger partial charge in [0.25, 0.3) is 5.91 Å². The quantitative estimate of drug-likeness (QED) is 0.389. The third-order valence-electron chi connectivity index (χ3n) is 5.27. The molecule has 0 bridgehead atoms. The van der Waals surface area contributed by atoms with Gasteiger partial charge in [0.1, 0.15) is 11.4 Å². The Morgan fingerprint density at radius 3 is 2.82 bits per heavy atom. The molecular weight excluding hydrogens is 422 g/mol. The largest absolute Gasteiger partial charge is 0.462 e. The van der Waals surface area contributed by atoms with Crippen molar-refractivity contribution in [3.05, 3.63) is 77.0 Å². The van der Waals surface area contributed by atoms with Crippen molar-refractivity contribution >= 4 is 29.3 Å². The Morgan fingerprint density at radius 2 is 2.06 bits per heavy atom. The molecular formula is C24H25N5O4. The summed E-state index contributed by atoms with van der Waals surface area (Å²) in [5.41, 5.74) is 3.32. The molecule has 0 saturated carbocycles. The standard InChI is InChI=1S/C24H25N5O4/c1-2-33-23(32)19-13-26-24(27-17-8-9-18-16(12-17)10-11-25-22(18)31)29-21(19)28-20(14-30)15-6-4-3-5-7-15/h3-9,12-13,20,30H,2,10-11,14H2,1H3,(H,25,31)(H2,26,27,28,29)/t20-/m0/s1. The number of rotatable bonds is 8. The number of ether oxygens (including phenoxy) is 1. The van der Waals surface area contributed by atoms with Crippen molar-refractivity contribution in [2.75, 3.05) is 30.4 Å². The first-order valence-electron chi connectivity index (χ1n) is 10.7. The molecule has 1 amide bonds. The summed E-state index contributed by atoms with van der Waals surface area (Å²) in [6, 6.07) is 14.3. The maximum Gasteiger partial charge on any atom is 0.343 e. The van der Waals surface area contributed by atoms with Gasteiger partial charge >= 0.3 is 5.97 Å². The lowest BCUT2D eigenvalue weighted by Gasteiger charge is -2.20. The highest BCUT2D eigenvalue weighted by Crippen LogP contribution is 2.25. The average Bonchev–Trinajstić information content (AvgIpc) is 2.83. The molecule has 1 atom stereocenters. The van der Waals surface area contributed by atoms with E-state index in [-0.39, 0.29) is 36.5 Å². The molecule has 3 aromatic rings. The predicted octanol–water partition coefficient (Wildman–Crippen LogP) is 2.83. The number of benzene rings is 2. The maximum absolute atomic E-state index is 12.5. The van der Waals surface area contributed by atoms with Crippen LogP contribution >= 0.6 is 0 Å². The third-order valence-corrected chi connectivity index (χ3v) is 5.27. The number of carbonyl (C=O) groups is 2. The van der Waals surface area contributed by atoms with Gasteiger partial charge in [-0.25, -0.2) is 9.78 Å². The number of nitrogens with one attached hydrogen (secondary N) is 3. The number of aromatic nitrogens is 2. The van der Waals surface area contributed by atoms with Crippen molar-refractivity contribution in [2.24, 2.45) is 0 Å². The van der Waals surface area contributed by atoms with Crippen LogP contribution in [0.5, 0.6) is 0 Å².